The molecule has 0 aliphatic carbocycles. The lowest BCUT2D eigenvalue weighted by molar-refractivity contribution is -0.154. The maximum atomic E-state index is 12.7. The van der Waals surface area contributed by atoms with Crippen molar-refractivity contribution in [2.75, 3.05) is 26.4 Å². The highest BCUT2D eigenvalue weighted by molar-refractivity contribution is 7.47. The van der Waals surface area contributed by atoms with E-state index >= 15 is 0 Å². The van der Waals surface area contributed by atoms with Crippen LogP contribution in [0.5, 0.6) is 0 Å². The number of aliphatic carboxylic acids is 1. The van der Waals surface area contributed by atoms with Crippen LogP contribution in [0.15, 0.2) is 60.8 Å². The van der Waals surface area contributed by atoms with Crippen molar-refractivity contribution >= 4 is 19.8 Å². The zero-order valence-electron chi connectivity index (χ0n) is 40.2. The van der Waals surface area contributed by atoms with Crippen LogP contribution in [-0.2, 0) is 32.7 Å². The molecule has 0 aromatic heterocycles. The lowest BCUT2D eigenvalue weighted by Crippen LogP contribution is -2.34. The van der Waals surface area contributed by atoms with Crippen molar-refractivity contribution in [3.63, 3.8) is 0 Å². The number of carboxylic acids is 1. The summed E-state index contributed by atoms with van der Waals surface area (Å²) in [5, 5.41) is 8.93. The fourth-order valence-electron chi connectivity index (χ4n) is 6.88. The Morgan fingerprint density at radius 3 is 1.40 bits per heavy atom. The second-order valence-corrected chi connectivity index (χ2v) is 18.4. The predicted octanol–water partition coefficient (Wildman–Crippen LogP) is 14.8. The number of carbonyl (C=O) groups is 2. The van der Waals surface area contributed by atoms with Gasteiger partial charge in [-0.05, 0) is 77.0 Å². The summed E-state index contributed by atoms with van der Waals surface area (Å²) in [4.78, 5) is 33.7. The Hall–Kier alpha value is -2.33. The first kappa shape index (κ1) is 60.7. The van der Waals surface area contributed by atoms with E-state index in [-0.39, 0.29) is 13.0 Å². The average Bonchev–Trinajstić information content (AvgIpc) is 3.26. The van der Waals surface area contributed by atoms with E-state index in [0.717, 1.165) is 70.6 Å². The fraction of sp³-hybridized carbons (Fsp3) is 0.769. The first-order chi connectivity index (χ1) is 30.7. The summed E-state index contributed by atoms with van der Waals surface area (Å²) in [6.07, 6.45) is 58.5. The normalized spacial score (nSPS) is 14.2. The highest BCUT2D eigenvalue weighted by Crippen LogP contribution is 2.43. The first-order valence-corrected chi connectivity index (χ1v) is 26.8. The molecule has 10 nitrogen and oxygen atoms in total. The number of nitrogens with two attached hydrogens (primary N) is 1. The summed E-state index contributed by atoms with van der Waals surface area (Å²) in [6, 6.07) is -1.48. The van der Waals surface area contributed by atoms with Gasteiger partial charge in [0.2, 0.25) is 0 Å². The molecule has 0 bridgehead atoms. The molecule has 3 unspecified atom stereocenters. The van der Waals surface area contributed by atoms with Gasteiger partial charge in [0.25, 0.3) is 0 Å². The quantitative estimate of drug-likeness (QED) is 0.0233. The molecule has 63 heavy (non-hydrogen) atoms. The molecule has 0 aromatic rings. The van der Waals surface area contributed by atoms with Crippen LogP contribution in [0.2, 0.25) is 0 Å². The molecule has 0 saturated heterocycles. The third kappa shape index (κ3) is 47.5. The van der Waals surface area contributed by atoms with Gasteiger partial charge in [-0.15, -0.1) is 0 Å². The summed E-state index contributed by atoms with van der Waals surface area (Å²) in [5.74, 6) is -1.78. The highest BCUT2D eigenvalue weighted by Gasteiger charge is 2.27. The molecule has 0 aliphatic heterocycles. The number of carbonyl (C=O) groups excluding carboxylic acids is 1. The SMILES string of the molecule is CC/C=C\C/C=C\C/C=C\C/C=C\CCCCCCCCCOCC(COP(=O)(O)OCC(N)C(=O)O)OC(=O)CCCCCCCCCCC/C=C\CCCCCCCCCC. The second kappa shape index (κ2) is 47.6. The monoisotopic (exact) mass is 908 g/mol. The third-order valence-electron chi connectivity index (χ3n) is 10.8. The number of unbranched alkanes of at least 4 members (excludes halogenated alkanes) is 24. The van der Waals surface area contributed by atoms with Gasteiger partial charge in [0.05, 0.1) is 19.8 Å². The van der Waals surface area contributed by atoms with Gasteiger partial charge in [0.1, 0.15) is 12.1 Å². The van der Waals surface area contributed by atoms with Gasteiger partial charge < -0.3 is 25.2 Å². The number of rotatable bonds is 48. The van der Waals surface area contributed by atoms with Gasteiger partial charge in [-0.2, -0.15) is 0 Å². The van der Waals surface area contributed by atoms with Gasteiger partial charge in [-0.25, -0.2) is 4.57 Å². The zero-order valence-corrected chi connectivity index (χ0v) is 41.1. The van der Waals surface area contributed by atoms with Crippen LogP contribution in [-0.4, -0.2) is 60.5 Å². The van der Waals surface area contributed by atoms with Crippen molar-refractivity contribution < 1.29 is 42.7 Å². The Morgan fingerprint density at radius 2 is 0.921 bits per heavy atom. The van der Waals surface area contributed by atoms with Crippen molar-refractivity contribution in [1.29, 1.82) is 0 Å². The van der Waals surface area contributed by atoms with Gasteiger partial charge in [-0.3, -0.25) is 18.6 Å². The van der Waals surface area contributed by atoms with Crippen LogP contribution in [0.4, 0.5) is 0 Å². The van der Waals surface area contributed by atoms with E-state index < -0.39 is 45.1 Å². The van der Waals surface area contributed by atoms with Gasteiger partial charge in [0, 0.05) is 13.0 Å². The first-order valence-electron chi connectivity index (χ1n) is 25.3. The van der Waals surface area contributed by atoms with Gasteiger partial charge >= 0.3 is 19.8 Å². The molecule has 0 fully saturated rings. The molecule has 0 spiro atoms. The number of phosphoric ester groups is 1. The van der Waals surface area contributed by atoms with E-state index in [1.54, 1.807) is 0 Å². The summed E-state index contributed by atoms with van der Waals surface area (Å²) >= 11 is 0. The zero-order chi connectivity index (χ0) is 46.2. The number of allylic oxidation sites excluding steroid dienone is 10. The van der Waals surface area contributed by atoms with Crippen LogP contribution >= 0.6 is 7.82 Å². The summed E-state index contributed by atoms with van der Waals surface area (Å²) in [7, 11) is -4.63. The van der Waals surface area contributed by atoms with E-state index in [1.165, 1.54) is 122 Å². The highest BCUT2D eigenvalue weighted by atomic mass is 31.2. The van der Waals surface area contributed by atoms with E-state index in [4.69, 9.17) is 29.4 Å². The molecule has 0 aliphatic rings. The maximum Gasteiger partial charge on any atom is 0.472 e. The number of hydrogen-bond acceptors (Lipinski definition) is 8. The molecule has 0 saturated carbocycles. The molecule has 3 atom stereocenters. The van der Waals surface area contributed by atoms with Crippen molar-refractivity contribution in [2.45, 2.75) is 231 Å². The lowest BCUT2D eigenvalue weighted by atomic mass is 10.1. The minimum atomic E-state index is -4.63. The van der Waals surface area contributed by atoms with Crippen LogP contribution in [0.3, 0.4) is 0 Å². The molecule has 0 rings (SSSR count). The fourth-order valence-corrected chi connectivity index (χ4v) is 7.66. The van der Waals surface area contributed by atoms with Crippen molar-refractivity contribution in [2.24, 2.45) is 5.73 Å². The van der Waals surface area contributed by atoms with Gasteiger partial charge in [0.15, 0.2) is 0 Å². The molecular weight excluding hydrogens is 814 g/mol. The summed E-state index contributed by atoms with van der Waals surface area (Å²) in [6.45, 7) is 3.76. The Labute approximate surface area is 385 Å². The van der Waals surface area contributed by atoms with Gasteiger partial charge in [-0.1, -0.05) is 197 Å². The minimum absolute atomic E-state index is 0.00722. The smallest absolute Gasteiger partial charge is 0.472 e. The summed E-state index contributed by atoms with van der Waals surface area (Å²) < 4.78 is 33.5. The van der Waals surface area contributed by atoms with E-state index in [0.29, 0.717) is 13.0 Å². The van der Waals surface area contributed by atoms with Crippen molar-refractivity contribution in [3.8, 4) is 0 Å². The van der Waals surface area contributed by atoms with Crippen LogP contribution < -0.4 is 5.73 Å². The molecule has 0 aromatic carbocycles. The van der Waals surface area contributed by atoms with Crippen LogP contribution in [0.1, 0.15) is 219 Å². The van der Waals surface area contributed by atoms with E-state index in [1.807, 2.05) is 0 Å². The molecule has 366 valence electrons. The standard InChI is InChI=1S/C52H94NO9P/c1-3-5-7-9-11-13-15-17-19-21-23-25-26-28-30-32-34-36-38-40-42-44-51(54)62-49(47-60-63(57,58)61-48-50(53)52(55)56)46-59-45-43-41-39-37-35-33-31-29-27-24-22-20-18-16-14-12-10-8-6-4-2/h6,8,12,14,18,20-21,23-24,27,49-50H,3-5,7,9-11,13,15-17,19,22,25-26,28-48,53H2,1-2H3,(H,55,56)(H,57,58)/b8-6-,14-12-,20-18-,23-21-,27-24-. The van der Waals surface area contributed by atoms with E-state index in [2.05, 4.69) is 74.6 Å². The predicted molar refractivity (Wildman–Crippen MR) is 263 cm³/mol. The van der Waals surface area contributed by atoms with Crippen molar-refractivity contribution in [3.05, 3.63) is 60.8 Å². The number of esters is 1. The number of carboxylic acid groups (broad SMARTS) is 1. The Bertz CT molecular complexity index is 1230. The Morgan fingerprint density at radius 1 is 0.524 bits per heavy atom. The Balaban J connectivity index is 4.17. The average molecular weight is 908 g/mol. The van der Waals surface area contributed by atoms with Crippen molar-refractivity contribution in [1.82, 2.24) is 0 Å². The maximum absolute atomic E-state index is 12.7. The molecule has 0 heterocycles. The largest absolute Gasteiger partial charge is 0.480 e. The molecule has 0 amide bonds. The number of ether oxygens (including phenoxy) is 2. The topological polar surface area (TPSA) is 155 Å². The number of hydrogen-bond donors (Lipinski definition) is 3. The second-order valence-electron chi connectivity index (χ2n) is 16.9. The van der Waals surface area contributed by atoms with Crippen LogP contribution in [0.25, 0.3) is 0 Å². The minimum Gasteiger partial charge on any atom is -0.480 e. The van der Waals surface area contributed by atoms with Crippen LogP contribution in [0, 0.1) is 0 Å². The molecule has 4 N–H and O–H groups in total. The third-order valence-corrected chi connectivity index (χ3v) is 11.7. The molecule has 11 heteroatoms. The molecule has 0 radical (unpaired) electrons. The summed E-state index contributed by atoms with van der Waals surface area (Å²) in [5.41, 5.74) is 5.37. The Kier molecular flexibility index (Phi) is 45.9. The lowest BCUT2D eigenvalue weighted by Gasteiger charge is -2.20. The van der Waals surface area contributed by atoms with E-state index in [9.17, 15) is 19.0 Å². The molecular formula is C52H94NO9P. The number of phosphoric acid groups is 1.